The van der Waals surface area contributed by atoms with Gasteiger partial charge in [-0.2, -0.15) is 0 Å². The van der Waals surface area contributed by atoms with Crippen LogP contribution in [0.1, 0.15) is 19.4 Å². The molecule has 0 saturated carbocycles. The standard InChI is InChI=1S/C21H25FN2O2S/c1-3-23(4-2)13-12-17-15-24(21-11-10-18(22)14-20(17)21)16-27(25,26)19-8-6-5-7-9-19/h5-11,14-15H,3-4,12-13,16H2,1-2H3. The van der Waals surface area contributed by atoms with Gasteiger partial charge in [-0.05, 0) is 55.4 Å². The average Bonchev–Trinajstić information content (AvgIpc) is 2.99. The molecule has 0 amide bonds. The van der Waals surface area contributed by atoms with Gasteiger partial charge in [0.1, 0.15) is 11.7 Å². The zero-order valence-corrected chi connectivity index (χ0v) is 16.5. The molecule has 0 spiro atoms. The van der Waals surface area contributed by atoms with Crippen LogP contribution in [-0.2, 0) is 22.1 Å². The van der Waals surface area contributed by atoms with E-state index in [0.29, 0.717) is 4.90 Å². The van der Waals surface area contributed by atoms with Crippen molar-refractivity contribution in [3.05, 3.63) is 66.1 Å². The van der Waals surface area contributed by atoms with Crippen molar-refractivity contribution in [2.24, 2.45) is 0 Å². The molecule has 6 heteroatoms. The molecule has 27 heavy (non-hydrogen) atoms. The van der Waals surface area contributed by atoms with Gasteiger partial charge in [-0.25, -0.2) is 12.8 Å². The molecule has 0 radical (unpaired) electrons. The molecular formula is C21H25FN2O2S. The minimum Gasteiger partial charge on any atom is -0.332 e. The maximum Gasteiger partial charge on any atom is 0.196 e. The molecule has 0 unspecified atom stereocenters. The second-order valence-corrected chi connectivity index (χ2v) is 8.58. The highest BCUT2D eigenvalue weighted by Crippen LogP contribution is 2.25. The number of fused-ring (bicyclic) bond motifs is 1. The van der Waals surface area contributed by atoms with Crippen molar-refractivity contribution in [3.63, 3.8) is 0 Å². The molecule has 0 N–H and O–H groups in total. The van der Waals surface area contributed by atoms with Gasteiger partial charge in [-0.3, -0.25) is 0 Å². The Bertz CT molecular complexity index is 1010. The number of sulfone groups is 1. The van der Waals surface area contributed by atoms with E-state index < -0.39 is 9.84 Å². The average molecular weight is 389 g/mol. The highest BCUT2D eigenvalue weighted by Gasteiger charge is 2.18. The van der Waals surface area contributed by atoms with Gasteiger partial charge < -0.3 is 9.47 Å². The van der Waals surface area contributed by atoms with Crippen LogP contribution in [0.5, 0.6) is 0 Å². The van der Waals surface area contributed by atoms with Crippen LogP contribution in [0.2, 0.25) is 0 Å². The number of rotatable bonds is 8. The van der Waals surface area contributed by atoms with Gasteiger partial charge in [0.25, 0.3) is 0 Å². The van der Waals surface area contributed by atoms with E-state index in [-0.39, 0.29) is 11.7 Å². The lowest BCUT2D eigenvalue weighted by Crippen LogP contribution is -2.25. The van der Waals surface area contributed by atoms with Crippen LogP contribution in [0, 0.1) is 5.82 Å². The Morgan fingerprint density at radius 1 is 1.04 bits per heavy atom. The van der Waals surface area contributed by atoms with Crippen LogP contribution in [0.4, 0.5) is 4.39 Å². The molecule has 4 nitrogen and oxygen atoms in total. The summed E-state index contributed by atoms with van der Waals surface area (Å²) < 4.78 is 41.1. The summed E-state index contributed by atoms with van der Waals surface area (Å²) >= 11 is 0. The molecule has 144 valence electrons. The molecule has 3 rings (SSSR count). The van der Waals surface area contributed by atoms with Gasteiger partial charge in [0, 0.05) is 23.6 Å². The van der Waals surface area contributed by atoms with Crippen molar-refractivity contribution >= 4 is 20.7 Å². The van der Waals surface area contributed by atoms with Crippen LogP contribution in [0.3, 0.4) is 0 Å². The summed E-state index contributed by atoms with van der Waals surface area (Å²) in [4.78, 5) is 2.59. The number of hydrogen-bond donors (Lipinski definition) is 0. The first-order valence-corrected chi connectivity index (χ1v) is 10.9. The Balaban J connectivity index is 1.96. The van der Waals surface area contributed by atoms with Gasteiger partial charge >= 0.3 is 0 Å². The molecule has 0 atom stereocenters. The molecule has 1 aromatic heterocycles. The molecule has 0 fully saturated rings. The number of nitrogens with zero attached hydrogens (tertiary/aromatic N) is 2. The van der Waals surface area contributed by atoms with E-state index in [1.165, 1.54) is 12.1 Å². The third kappa shape index (κ3) is 4.39. The Morgan fingerprint density at radius 3 is 2.41 bits per heavy atom. The molecule has 2 aromatic carbocycles. The van der Waals surface area contributed by atoms with E-state index in [1.807, 2.05) is 6.20 Å². The number of likely N-dealkylation sites (N-methyl/N-ethyl adjacent to an activating group) is 1. The largest absolute Gasteiger partial charge is 0.332 e. The molecule has 3 aromatic rings. The summed E-state index contributed by atoms with van der Waals surface area (Å²) in [5, 5.41) is 0.783. The fraction of sp³-hybridized carbons (Fsp3) is 0.333. The fourth-order valence-corrected chi connectivity index (χ4v) is 4.65. The molecule has 0 aliphatic rings. The number of hydrogen-bond acceptors (Lipinski definition) is 3. The second-order valence-electron chi connectivity index (χ2n) is 6.62. The monoisotopic (exact) mass is 388 g/mol. The zero-order valence-electron chi connectivity index (χ0n) is 15.7. The fourth-order valence-electron chi connectivity index (χ4n) is 3.35. The molecule has 1 heterocycles. The van der Waals surface area contributed by atoms with Crippen molar-refractivity contribution in [2.45, 2.75) is 31.0 Å². The van der Waals surface area contributed by atoms with Crippen molar-refractivity contribution in [3.8, 4) is 0 Å². The molecule has 0 saturated heterocycles. The van der Waals surface area contributed by atoms with Crippen LogP contribution >= 0.6 is 0 Å². The van der Waals surface area contributed by atoms with Gasteiger partial charge in [0.05, 0.1) is 4.90 Å². The summed E-state index contributed by atoms with van der Waals surface area (Å²) in [6, 6.07) is 13.0. The third-order valence-corrected chi connectivity index (χ3v) is 6.54. The Morgan fingerprint density at radius 2 is 1.74 bits per heavy atom. The first-order valence-electron chi connectivity index (χ1n) is 9.22. The van der Waals surface area contributed by atoms with Gasteiger partial charge in [0.2, 0.25) is 0 Å². The maximum absolute atomic E-state index is 13.8. The molecular weight excluding hydrogens is 363 g/mol. The summed E-state index contributed by atoms with van der Waals surface area (Å²) in [5.74, 6) is -0.472. The normalized spacial score (nSPS) is 12.1. The second kappa shape index (κ2) is 8.23. The van der Waals surface area contributed by atoms with Gasteiger partial charge in [-0.15, -0.1) is 0 Å². The molecule has 0 bridgehead atoms. The highest BCUT2D eigenvalue weighted by atomic mass is 32.2. The lowest BCUT2D eigenvalue weighted by Gasteiger charge is -2.17. The Kier molecular flexibility index (Phi) is 5.97. The maximum atomic E-state index is 13.8. The van der Waals surface area contributed by atoms with E-state index >= 15 is 0 Å². The predicted molar refractivity (Wildman–Crippen MR) is 107 cm³/mol. The molecule has 0 aliphatic heterocycles. The summed E-state index contributed by atoms with van der Waals surface area (Å²) in [6.45, 7) is 6.98. The Hall–Kier alpha value is -2.18. The molecule has 0 aliphatic carbocycles. The van der Waals surface area contributed by atoms with Crippen molar-refractivity contribution < 1.29 is 12.8 Å². The topological polar surface area (TPSA) is 42.3 Å². The summed E-state index contributed by atoms with van der Waals surface area (Å²) in [7, 11) is -3.48. The van der Waals surface area contributed by atoms with Crippen LogP contribution in [-0.4, -0.2) is 37.5 Å². The number of benzene rings is 2. The van der Waals surface area contributed by atoms with E-state index in [9.17, 15) is 12.8 Å². The first kappa shape index (κ1) is 19.6. The summed E-state index contributed by atoms with van der Waals surface area (Å²) in [6.07, 6.45) is 2.61. The van der Waals surface area contributed by atoms with E-state index in [2.05, 4.69) is 18.7 Å². The van der Waals surface area contributed by atoms with Crippen LogP contribution < -0.4 is 0 Å². The van der Waals surface area contributed by atoms with Crippen molar-refractivity contribution in [1.29, 1.82) is 0 Å². The smallest absolute Gasteiger partial charge is 0.196 e. The van der Waals surface area contributed by atoms with E-state index in [4.69, 9.17) is 0 Å². The quantitative estimate of drug-likeness (QED) is 0.584. The summed E-state index contributed by atoms with van der Waals surface area (Å²) in [5.41, 5.74) is 1.71. The van der Waals surface area contributed by atoms with Crippen LogP contribution in [0.15, 0.2) is 59.6 Å². The zero-order chi connectivity index (χ0) is 19.4. The van der Waals surface area contributed by atoms with Crippen LogP contribution in [0.25, 0.3) is 10.9 Å². The van der Waals surface area contributed by atoms with E-state index in [0.717, 1.165) is 42.5 Å². The Labute approximate surface area is 160 Å². The number of halogens is 1. The van der Waals surface area contributed by atoms with Crippen molar-refractivity contribution in [2.75, 3.05) is 19.6 Å². The van der Waals surface area contributed by atoms with Gasteiger partial charge in [-0.1, -0.05) is 32.0 Å². The van der Waals surface area contributed by atoms with Crippen molar-refractivity contribution in [1.82, 2.24) is 9.47 Å². The van der Waals surface area contributed by atoms with E-state index in [1.54, 1.807) is 41.0 Å². The first-order chi connectivity index (χ1) is 12.9. The minimum atomic E-state index is -3.48. The predicted octanol–water partition coefficient (Wildman–Crippen LogP) is 4.10. The third-order valence-electron chi connectivity index (χ3n) is 4.93. The lowest BCUT2D eigenvalue weighted by atomic mass is 10.1. The minimum absolute atomic E-state index is 0.162. The van der Waals surface area contributed by atoms with Gasteiger partial charge in [0.15, 0.2) is 9.84 Å². The number of aromatic nitrogens is 1. The SMILES string of the molecule is CCN(CC)CCc1cn(CS(=O)(=O)c2ccccc2)c2ccc(F)cc12. The lowest BCUT2D eigenvalue weighted by molar-refractivity contribution is 0.308. The highest BCUT2D eigenvalue weighted by molar-refractivity contribution is 7.90.